The third-order valence-electron chi connectivity index (χ3n) is 2.93. The van der Waals surface area contributed by atoms with Crippen LogP contribution in [0.4, 0.5) is 5.82 Å². The monoisotopic (exact) mass is 271 g/mol. The van der Waals surface area contributed by atoms with Gasteiger partial charge in [-0.2, -0.15) is 0 Å². The SMILES string of the molecule is CCOC(=O)c1nc(-c2ccc(C)cc2C)cnc1N. The first-order valence-electron chi connectivity index (χ1n) is 6.40. The molecule has 5 heteroatoms. The van der Waals surface area contributed by atoms with Gasteiger partial charge in [-0.1, -0.05) is 23.8 Å². The molecule has 2 N–H and O–H groups in total. The van der Waals surface area contributed by atoms with Gasteiger partial charge in [0.2, 0.25) is 0 Å². The molecule has 2 aromatic rings. The lowest BCUT2D eigenvalue weighted by atomic mass is 10.0. The number of rotatable bonds is 3. The molecule has 0 aliphatic carbocycles. The number of nitrogen functional groups attached to an aromatic ring is 1. The Morgan fingerprint density at radius 3 is 2.75 bits per heavy atom. The summed E-state index contributed by atoms with van der Waals surface area (Å²) in [5, 5.41) is 0. The number of nitrogens with two attached hydrogens (primary N) is 1. The molecule has 1 heterocycles. The van der Waals surface area contributed by atoms with Crippen LogP contribution in [-0.4, -0.2) is 22.5 Å². The average molecular weight is 271 g/mol. The maximum atomic E-state index is 11.8. The smallest absolute Gasteiger partial charge is 0.360 e. The van der Waals surface area contributed by atoms with Gasteiger partial charge in [0, 0.05) is 5.56 Å². The van der Waals surface area contributed by atoms with Crippen LogP contribution < -0.4 is 5.73 Å². The van der Waals surface area contributed by atoms with Crippen molar-refractivity contribution in [1.29, 1.82) is 0 Å². The van der Waals surface area contributed by atoms with Gasteiger partial charge in [-0.3, -0.25) is 0 Å². The van der Waals surface area contributed by atoms with Crippen LogP contribution in [0.3, 0.4) is 0 Å². The van der Waals surface area contributed by atoms with Gasteiger partial charge in [0.25, 0.3) is 0 Å². The molecule has 0 radical (unpaired) electrons. The first kappa shape index (κ1) is 14.0. The molecule has 0 saturated heterocycles. The van der Waals surface area contributed by atoms with E-state index >= 15 is 0 Å². The first-order chi connectivity index (χ1) is 9.52. The zero-order valence-corrected chi connectivity index (χ0v) is 11.8. The lowest BCUT2D eigenvalue weighted by Crippen LogP contribution is -2.12. The Labute approximate surface area is 117 Å². The molecule has 20 heavy (non-hydrogen) atoms. The summed E-state index contributed by atoms with van der Waals surface area (Å²) < 4.78 is 4.93. The van der Waals surface area contributed by atoms with E-state index in [-0.39, 0.29) is 18.1 Å². The highest BCUT2D eigenvalue weighted by Gasteiger charge is 2.16. The van der Waals surface area contributed by atoms with E-state index in [9.17, 15) is 4.79 Å². The number of nitrogens with zero attached hydrogens (tertiary/aromatic N) is 2. The van der Waals surface area contributed by atoms with E-state index in [1.807, 2.05) is 26.0 Å². The van der Waals surface area contributed by atoms with Crippen molar-refractivity contribution in [2.24, 2.45) is 0 Å². The fourth-order valence-electron chi connectivity index (χ4n) is 1.98. The molecular weight excluding hydrogens is 254 g/mol. The topological polar surface area (TPSA) is 78.1 Å². The third-order valence-corrected chi connectivity index (χ3v) is 2.93. The van der Waals surface area contributed by atoms with Gasteiger partial charge in [-0.05, 0) is 26.3 Å². The summed E-state index contributed by atoms with van der Waals surface area (Å²) in [5.74, 6) is -0.471. The van der Waals surface area contributed by atoms with E-state index in [0.717, 1.165) is 11.1 Å². The third kappa shape index (κ3) is 2.77. The summed E-state index contributed by atoms with van der Waals surface area (Å²) >= 11 is 0. The van der Waals surface area contributed by atoms with Gasteiger partial charge >= 0.3 is 5.97 Å². The molecule has 0 aliphatic heterocycles. The molecule has 0 spiro atoms. The Morgan fingerprint density at radius 2 is 2.10 bits per heavy atom. The van der Waals surface area contributed by atoms with E-state index < -0.39 is 5.97 Å². The van der Waals surface area contributed by atoms with Gasteiger partial charge in [-0.15, -0.1) is 0 Å². The normalized spacial score (nSPS) is 10.3. The summed E-state index contributed by atoms with van der Waals surface area (Å²) in [6.07, 6.45) is 1.57. The van der Waals surface area contributed by atoms with E-state index in [2.05, 4.69) is 16.0 Å². The highest BCUT2D eigenvalue weighted by Crippen LogP contribution is 2.23. The number of benzene rings is 1. The van der Waals surface area contributed by atoms with Gasteiger partial charge in [0.15, 0.2) is 11.5 Å². The van der Waals surface area contributed by atoms with Crippen molar-refractivity contribution in [2.45, 2.75) is 20.8 Å². The summed E-state index contributed by atoms with van der Waals surface area (Å²) in [4.78, 5) is 20.1. The molecule has 0 unspecified atom stereocenters. The zero-order valence-electron chi connectivity index (χ0n) is 11.8. The molecule has 5 nitrogen and oxygen atoms in total. The molecule has 1 aromatic carbocycles. The molecule has 0 fully saturated rings. The molecule has 0 saturated carbocycles. The number of esters is 1. The molecule has 104 valence electrons. The predicted molar refractivity (Wildman–Crippen MR) is 77.3 cm³/mol. The highest BCUT2D eigenvalue weighted by molar-refractivity contribution is 5.92. The number of hydrogen-bond acceptors (Lipinski definition) is 5. The van der Waals surface area contributed by atoms with Crippen LogP contribution in [0.1, 0.15) is 28.5 Å². The van der Waals surface area contributed by atoms with Crippen molar-refractivity contribution in [1.82, 2.24) is 9.97 Å². The van der Waals surface area contributed by atoms with Crippen molar-refractivity contribution >= 4 is 11.8 Å². The van der Waals surface area contributed by atoms with Crippen LogP contribution in [0.5, 0.6) is 0 Å². The Hall–Kier alpha value is -2.43. The summed E-state index contributed by atoms with van der Waals surface area (Å²) in [6, 6.07) is 6.00. The number of ether oxygens (including phenoxy) is 1. The van der Waals surface area contributed by atoms with Crippen LogP contribution in [0, 0.1) is 13.8 Å². The van der Waals surface area contributed by atoms with E-state index in [0.29, 0.717) is 5.69 Å². The number of carbonyl (C=O) groups is 1. The van der Waals surface area contributed by atoms with Gasteiger partial charge in [0.1, 0.15) is 0 Å². The zero-order chi connectivity index (χ0) is 14.7. The Morgan fingerprint density at radius 1 is 1.35 bits per heavy atom. The van der Waals surface area contributed by atoms with Crippen molar-refractivity contribution in [3.05, 3.63) is 41.2 Å². The second-order valence-electron chi connectivity index (χ2n) is 4.53. The average Bonchev–Trinajstić information content (AvgIpc) is 2.40. The molecular formula is C15H17N3O2. The lowest BCUT2D eigenvalue weighted by Gasteiger charge is -2.09. The van der Waals surface area contributed by atoms with Crippen LogP contribution >= 0.6 is 0 Å². The minimum Gasteiger partial charge on any atom is -0.461 e. The summed E-state index contributed by atoms with van der Waals surface area (Å²) in [7, 11) is 0. The van der Waals surface area contributed by atoms with Gasteiger partial charge < -0.3 is 10.5 Å². The highest BCUT2D eigenvalue weighted by atomic mass is 16.5. The van der Waals surface area contributed by atoms with Crippen LogP contribution in [0.15, 0.2) is 24.4 Å². The summed E-state index contributed by atoms with van der Waals surface area (Å²) in [6.45, 7) is 6.02. The van der Waals surface area contributed by atoms with Crippen molar-refractivity contribution < 1.29 is 9.53 Å². The maximum absolute atomic E-state index is 11.8. The minimum absolute atomic E-state index is 0.0596. The van der Waals surface area contributed by atoms with Crippen molar-refractivity contribution in [2.75, 3.05) is 12.3 Å². The van der Waals surface area contributed by atoms with Crippen molar-refractivity contribution in [3.63, 3.8) is 0 Å². The number of aryl methyl sites for hydroxylation is 2. The Balaban J connectivity index is 2.48. The fourth-order valence-corrected chi connectivity index (χ4v) is 1.98. The molecule has 1 aromatic heterocycles. The van der Waals surface area contributed by atoms with Crippen LogP contribution in [-0.2, 0) is 4.74 Å². The minimum atomic E-state index is -0.552. The predicted octanol–water partition coefficient (Wildman–Crippen LogP) is 2.52. The van der Waals surface area contributed by atoms with Gasteiger partial charge in [-0.25, -0.2) is 14.8 Å². The Kier molecular flexibility index (Phi) is 3.98. The largest absolute Gasteiger partial charge is 0.461 e. The van der Waals surface area contributed by atoms with Crippen LogP contribution in [0.25, 0.3) is 11.3 Å². The van der Waals surface area contributed by atoms with Crippen LogP contribution in [0.2, 0.25) is 0 Å². The quantitative estimate of drug-likeness (QED) is 0.868. The van der Waals surface area contributed by atoms with Crippen molar-refractivity contribution in [3.8, 4) is 11.3 Å². The maximum Gasteiger partial charge on any atom is 0.360 e. The van der Waals surface area contributed by atoms with E-state index in [4.69, 9.17) is 10.5 Å². The van der Waals surface area contributed by atoms with E-state index in [1.165, 1.54) is 5.56 Å². The molecule has 0 bridgehead atoms. The second-order valence-corrected chi connectivity index (χ2v) is 4.53. The Bertz CT molecular complexity index is 654. The lowest BCUT2D eigenvalue weighted by molar-refractivity contribution is 0.0520. The van der Waals surface area contributed by atoms with E-state index in [1.54, 1.807) is 13.1 Å². The molecule has 0 aliphatic rings. The second kappa shape index (κ2) is 5.69. The first-order valence-corrected chi connectivity index (χ1v) is 6.40. The molecule has 0 atom stereocenters. The number of anilines is 1. The number of aromatic nitrogens is 2. The standard InChI is InChI=1S/C15H17N3O2/c1-4-20-15(19)13-14(16)17-8-12(18-13)11-6-5-9(2)7-10(11)3/h5-8H,4H2,1-3H3,(H2,16,17). The molecule has 0 amide bonds. The number of hydrogen-bond donors (Lipinski definition) is 1. The fraction of sp³-hybridized carbons (Fsp3) is 0.267. The number of carbonyl (C=O) groups excluding carboxylic acids is 1. The summed E-state index contributed by atoms with van der Waals surface area (Å²) in [5.41, 5.74) is 9.52. The molecule has 2 rings (SSSR count). The van der Waals surface area contributed by atoms with Gasteiger partial charge in [0.05, 0.1) is 18.5 Å².